The number of alkyl halides is 2. The molecule has 1 saturated heterocycles. The molecule has 0 bridgehead atoms. The van der Waals surface area contributed by atoms with Gasteiger partial charge in [-0.25, -0.2) is 13.2 Å². The zero-order chi connectivity index (χ0) is 23.0. The van der Waals surface area contributed by atoms with E-state index in [1.807, 2.05) is 6.07 Å². The quantitative estimate of drug-likeness (QED) is 0.232. The van der Waals surface area contributed by atoms with Crippen LogP contribution in [0.3, 0.4) is 0 Å². The Morgan fingerprint density at radius 3 is 2.48 bits per heavy atom. The van der Waals surface area contributed by atoms with Gasteiger partial charge in [0.2, 0.25) is 0 Å². The standard InChI is InChI=1S/C19H19Br2N3O6S/c1-11(2)15(16(25)29-10-13-7-5-4-6-8-13)24-17(26)19(20,21)18(24)31(27,28)23-14-9-12(3)30-22-14/h4-9,18H,10H2,1-3H3,(H,22,23)/t18-/m1/s1. The fourth-order valence-corrected chi connectivity index (χ4v) is 6.71. The van der Waals surface area contributed by atoms with Crippen molar-refractivity contribution in [2.24, 2.45) is 0 Å². The summed E-state index contributed by atoms with van der Waals surface area (Å²) in [6.07, 6.45) is 0. The van der Waals surface area contributed by atoms with Crippen molar-refractivity contribution in [1.82, 2.24) is 10.1 Å². The molecule has 1 aliphatic heterocycles. The number of carbonyl (C=O) groups is 2. The van der Waals surface area contributed by atoms with Crippen molar-refractivity contribution < 1.29 is 27.3 Å². The zero-order valence-electron chi connectivity index (χ0n) is 16.8. The summed E-state index contributed by atoms with van der Waals surface area (Å²) in [6.45, 7) is 4.76. The second-order valence-corrected chi connectivity index (χ2v) is 12.3. The second-order valence-electron chi connectivity index (χ2n) is 7.03. The van der Waals surface area contributed by atoms with E-state index in [4.69, 9.17) is 9.26 Å². The van der Waals surface area contributed by atoms with Crippen LogP contribution < -0.4 is 4.72 Å². The Kier molecular flexibility index (Phi) is 6.63. The predicted octanol–water partition coefficient (Wildman–Crippen LogP) is 3.42. The molecule has 0 unspecified atom stereocenters. The van der Waals surface area contributed by atoms with E-state index in [-0.39, 0.29) is 18.1 Å². The molecule has 0 spiro atoms. The summed E-state index contributed by atoms with van der Waals surface area (Å²) in [7, 11) is -4.24. The number of rotatable bonds is 7. The van der Waals surface area contributed by atoms with Crippen molar-refractivity contribution in [1.29, 1.82) is 0 Å². The maximum Gasteiger partial charge on any atom is 0.355 e. The number of amides is 1. The molecule has 0 saturated carbocycles. The van der Waals surface area contributed by atoms with Crippen LogP contribution in [0.1, 0.15) is 25.2 Å². The van der Waals surface area contributed by atoms with Crippen molar-refractivity contribution in [2.75, 3.05) is 4.72 Å². The van der Waals surface area contributed by atoms with Crippen LogP contribution in [-0.4, -0.2) is 39.0 Å². The van der Waals surface area contributed by atoms with E-state index in [0.29, 0.717) is 11.3 Å². The minimum atomic E-state index is -4.24. The summed E-state index contributed by atoms with van der Waals surface area (Å²) in [6, 6.07) is 10.4. The lowest BCUT2D eigenvalue weighted by atomic mass is 10.1. The highest BCUT2D eigenvalue weighted by atomic mass is 79.9. The number of allylic oxidation sites excluding steroid dienone is 1. The summed E-state index contributed by atoms with van der Waals surface area (Å²) in [5.41, 5.74) is 1.02. The van der Waals surface area contributed by atoms with Crippen LogP contribution in [0.15, 0.2) is 52.2 Å². The number of likely N-dealkylation sites (tertiary alicyclic amines) is 1. The topological polar surface area (TPSA) is 119 Å². The molecule has 0 radical (unpaired) electrons. The van der Waals surface area contributed by atoms with Crippen LogP contribution in [0.5, 0.6) is 0 Å². The number of anilines is 1. The average Bonchev–Trinajstić information content (AvgIpc) is 3.09. The maximum absolute atomic E-state index is 13.1. The summed E-state index contributed by atoms with van der Waals surface area (Å²) >= 11 is 6.24. The highest BCUT2D eigenvalue weighted by molar-refractivity contribution is 9.26. The third-order valence-corrected chi connectivity index (χ3v) is 8.14. The van der Waals surface area contributed by atoms with Gasteiger partial charge in [-0.1, -0.05) is 67.3 Å². The molecule has 2 heterocycles. The normalized spacial score (nSPS) is 17.6. The first-order chi connectivity index (χ1) is 14.4. The van der Waals surface area contributed by atoms with Gasteiger partial charge < -0.3 is 9.26 Å². The summed E-state index contributed by atoms with van der Waals surface area (Å²) in [5, 5.41) is 2.11. The van der Waals surface area contributed by atoms with Gasteiger partial charge >= 0.3 is 5.97 Å². The molecule has 1 atom stereocenters. The smallest absolute Gasteiger partial charge is 0.355 e. The van der Waals surface area contributed by atoms with E-state index in [9.17, 15) is 18.0 Å². The van der Waals surface area contributed by atoms with Gasteiger partial charge in [-0.05, 0) is 31.9 Å². The molecule has 166 valence electrons. The molecular formula is C19H19Br2N3O6S. The minimum Gasteiger partial charge on any atom is -0.456 e. The molecule has 0 aliphatic carbocycles. The Balaban J connectivity index is 1.88. The first-order valence-corrected chi connectivity index (χ1v) is 12.1. The van der Waals surface area contributed by atoms with Crippen molar-refractivity contribution in [3.8, 4) is 0 Å². The molecule has 1 amide bonds. The lowest BCUT2D eigenvalue weighted by molar-refractivity contribution is -0.150. The highest BCUT2D eigenvalue weighted by Gasteiger charge is 2.66. The molecule has 31 heavy (non-hydrogen) atoms. The molecule has 1 fully saturated rings. The lowest BCUT2D eigenvalue weighted by Crippen LogP contribution is -2.71. The number of aryl methyl sites for hydroxylation is 1. The molecule has 2 aromatic rings. The van der Waals surface area contributed by atoms with E-state index in [1.54, 1.807) is 45.0 Å². The van der Waals surface area contributed by atoms with Crippen molar-refractivity contribution in [3.05, 3.63) is 59.0 Å². The lowest BCUT2D eigenvalue weighted by Gasteiger charge is -2.48. The largest absolute Gasteiger partial charge is 0.456 e. The number of hydrogen-bond acceptors (Lipinski definition) is 7. The van der Waals surface area contributed by atoms with Crippen LogP contribution in [0, 0.1) is 6.92 Å². The van der Waals surface area contributed by atoms with E-state index in [0.717, 1.165) is 10.5 Å². The number of halogens is 2. The van der Waals surface area contributed by atoms with Crippen LogP contribution in [-0.2, 0) is 31.0 Å². The monoisotopic (exact) mass is 575 g/mol. The molecule has 1 aromatic carbocycles. The van der Waals surface area contributed by atoms with Crippen molar-refractivity contribution in [2.45, 2.75) is 36.0 Å². The number of esters is 1. The van der Waals surface area contributed by atoms with Crippen molar-refractivity contribution >= 4 is 59.6 Å². The van der Waals surface area contributed by atoms with Crippen LogP contribution >= 0.6 is 31.9 Å². The number of nitrogens with zero attached hydrogens (tertiary/aromatic N) is 2. The van der Waals surface area contributed by atoms with E-state index in [2.05, 4.69) is 41.7 Å². The van der Waals surface area contributed by atoms with Gasteiger partial charge in [0.05, 0.1) is 0 Å². The first-order valence-electron chi connectivity index (χ1n) is 9.00. The van der Waals surface area contributed by atoms with E-state index in [1.165, 1.54) is 6.07 Å². The molecule has 9 nitrogen and oxygen atoms in total. The van der Waals surface area contributed by atoms with E-state index < -0.39 is 30.5 Å². The highest BCUT2D eigenvalue weighted by Crippen LogP contribution is 2.49. The van der Waals surface area contributed by atoms with Gasteiger partial charge in [0.25, 0.3) is 15.9 Å². The number of benzene rings is 1. The maximum atomic E-state index is 13.1. The third kappa shape index (κ3) is 4.70. The second kappa shape index (κ2) is 8.75. The fraction of sp³-hybridized carbons (Fsp3) is 0.316. The Hall–Kier alpha value is -2.18. The van der Waals surface area contributed by atoms with Gasteiger partial charge in [-0.2, -0.15) is 0 Å². The van der Waals surface area contributed by atoms with Gasteiger partial charge in [0.15, 0.2) is 14.4 Å². The molecular weight excluding hydrogens is 558 g/mol. The summed E-state index contributed by atoms with van der Waals surface area (Å²) in [4.78, 5) is 26.5. The predicted molar refractivity (Wildman–Crippen MR) is 120 cm³/mol. The Morgan fingerprint density at radius 1 is 1.29 bits per heavy atom. The molecule has 1 aromatic heterocycles. The molecule has 12 heteroatoms. The molecule has 1 aliphatic rings. The average molecular weight is 577 g/mol. The minimum absolute atomic E-state index is 0.0276. The number of aromatic nitrogens is 1. The Bertz CT molecular complexity index is 1140. The zero-order valence-corrected chi connectivity index (χ0v) is 20.7. The fourth-order valence-electron chi connectivity index (χ4n) is 2.97. The van der Waals surface area contributed by atoms with Gasteiger partial charge in [-0.3, -0.25) is 14.4 Å². The number of nitrogens with one attached hydrogen (secondary N) is 1. The number of sulfonamides is 1. The van der Waals surface area contributed by atoms with Gasteiger partial charge in [0, 0.05) is 6.07 Å². The summed E-state index contributed by atoms with van der Waals surface area (Å²) < 4.78 is 37.0. The van der Waals surface area contributed by atoms with Crippen LogP contribution in [0.2, 0.25) is 0 Å². The number of hydrogen-bond donors (Lipinski definition) is 1. The molecule has 3 rings (SSSR count). The Morgan fingerprint density at radius 2 is 1.94 bits per heavy atom. The number of β-lactam (4-membered cyclic amide) rings is 1. The Labute approximate surface area is 196 Å². The van der Waals surface area contributed by atoms with E-state index >= 15 is 0 Å². The molecule has 1 N–H and O–H groups in total. The summed E-state index contributed by atoms with van der Waals surface area (Å²) in [5.74, 6) is -1.12. The van der Waals surface area contributed by atoms with Gasteiger partial charge in [0.1, 0.15) is 18.1 Å². The SMILES string of the molecule is CC(C)=C(C(=O)OCc1ccccc1)N1C(=O)C(Br)(Br)[C@H]1S(=O)(=O)Nc1cc(C)on1. The van der Waals surface area contributed by atoms with Crippen molar-refractivity contribution in [3.63, 3.8) is 0 Å². The first kappa shape index (κ1) is 23.5. The number of ether oxygens (including phenoxy) is 1. The van der Waals surface area contributed by atoms with Gasteiger partial charge in [-0.15, -0.1) is 0 Å². The van der Waals surface area contributed by atoms with Crippen LogP contribution in [0.4, 0.5) is 5.82 Å². The third-order valence-electron chi connectivity index (χ3n) is 4.34. The van der Waals surface area contributed by atoms with Crippen LogP contribution in [0.25, 0.3) is 0 Å². The number of carbonyl (C=O) groups excluding carboxylic acids is 2.